The highest BCUT2D eigenvalue weighted by molar-refractivity contribution is 5.26. The lowest BCUT2D eigenvalue weighted by Gasteiger charge is -2.08. The highest BCUT2D eigenvalue weighted by Crippen LogP contribution is 2.21. The van der Waals surface area contributed by atoms with Gasteiger partial charge in [0.15, 0.2) is 0 Å². The second kappa shape index (κ2) is 5.45. The second-order valence-electron chi connectivity index (χ2n) is 4.90. The number of nitrogens with zero attached hydrogens (tertiary/aromatic N) is 1. The molecule has 4 heteroatoms. The molecule has 3 rings (SSSR count). The molecule has 0 radical (unpaired) electrons. The molecule has 0 atom stereocenters. The minimum Gasteiger partial charge on any atom is -0.487 e. The van der Waals surface area contributed by atoms with Gasteiger partial charge in [-0.15, -0.1) is 0 Å². The minimum absolute atomic E-state index is 0.519. The maximum atomic E-state index is 5.79. The number of pyridine rings is 1. The van der Waals surface area contributed by atoms with E-state index in [0.717, 1.165) is 29.3 Å². The van der Waals surface area contributed by atoms with E-state index in [-0.39, 0.29) is 0 Å². The van der Waals surface area contributed by atoms with E-state index in [1.807, 2.05) is 25.1 Å². The molecule has 2 aromatic rings. The first-order chi connectivity index (χ1) is 9.33. The summed E-state index contributed by atoms with van der Waals surface area (Å²) in [6, 6.07) is 6.47. The van der Waals surface area contributed by atoms with Crippen molar-refractivity contribution in [3.8, 4) is 5.75 Å². The standard InChI is InChI=1S/C15H18N2O2/c1-11-14(3-2-7-16-11)19-10-12-6-8-18-15(12)9-17-13-4-5-13/h2-3,6-8,13,17H,4-5,9-10H2,1H3. The molecule has 1 aliphatic rings. The summed E-state index contributed by atoms with van der Waals surface area (Å²) in [4.78, 5) is 4.21. The smallest absolute Gasteiger partial charge is 0.141 e. The third kappa shape index (κ3) is 3.15. The average Bonchev–Trinajstić information content (AvgIpc) is 3.14. The Hall–Kier alpha value is -1.81. The number of aromatic nitrogens is 1. The van der Waals surface area contributed by atoms with Gasteiger partial charge >= 0.3 is 0 Å². The summed E-state index contributed by atoms with van der Waals surface area (Å²) >= 11 is 0. The lowest BCUT2D eigenvalue weighted by atomic mass is 10.2. The van der Waals surface area contributed by atoms with E-state index in [9.17, 15) is 0 Å². The van der Waals surface area contributed by atoms with Gasteiger partial charge in [-0.25, -0.2) is 0 Å². The quantitative estimate of drug-likeness (QED) is 0.865. The first kappa shape index (κ1) is 12.2. The molecular formula is C15H18N2O2. The zero-order valence-corrected chi connectivity index (χ0v) is 11.1. The summed E-state index contributed by atoms with van der Waals surface area (Å²) in [7, 11) is 0. The summed E-state index contributed by atoms with van der Waals surface area (Å²) in [5.74, 6) is 1.79. The Morgan fingerprint density at radius 2 is 2.32 bits per heavy atom. The molecule has 0 unspecified atom stereocenters. The number of ether oxygens (including phenoxy) is 1. The number of hydrogen-bond acceptors (Lipinski definition) is 4. The first-order valence-electron chi connectivity index (χ1n) is 6.66. The Bertz CT molecular complexity index is 547. The fraction of sp³-hybridized carbons (Fsp3) is 0.400. The van der Waals surface area contributed by atoms with E-state index in [0.29, 0.717) is 12.6 Å². The molecule has 2 heterocycles. The second-order valence-corrected chi connectivity index (χ2v) is 4.90. The van der Waals surface area contributed by atoms with Crippen molar-refractivity contribution in [1.29, 1.82) is 0 Å². The summed E-state index contributed by atoms with van der Waals surface area (Å²) in [6.07, 6.45) is 6.05. The van der Waals surface area contributed by atoms with Crippen molar-refractivity contribution in [3.05, 3.63) is 47.7 Å². The lowest BCUT2D eigenvalue weighted by molar-refractivity contribution is 0.297. The van der Waals surface area contributed by atoms with E-state index in [2.05, 4.69) is 10.3 Å². The Labute approximate surface area is 112 Å². The van der Waals surface area contributed by atoms with Crippen LogP contribution < -0.4 is 10.1 Å². The van der Waals surface area contributed by atoms with E-state index in [4.69, 9.17) is 9.15 Å². The van der Waals surface area contributed by atoms with Crippen LogP contribution in [0.4, 0.5) is 0 Å². The lowest BCUT2D eigenvalue weighted by Crippen LogP contribution is -2.16. The zero-order chi connectivity index (χ0) is 13.1. The monoisotopic (exact) mass is 258 g/mol. The van der Waals surface area contributed by atoms with Gasteiger partial charge < -0.3 is 14.5 Å². The van der Waals surface area contributed by atoms with Crippen LogP contribution in [0.1, 0.15) is 29.9 Å². The molecule has 1 N–H and O–H groups in total. The number of nitrogens with one attached hydrogen (secondary N) is 1. The van der Waals surface area contributed by atoms with Gasteiger partial charge in [-0.2, -0.15) is 0 Å². The Morgan fingerprint density at radius 1 is 1.42 bits per heavy atom. The van der Waals surface area contributed by atoms with Crippen LogP contribution in [0.3, 0.4) is 0 Å². The molecule has 1 fully saturated rings. The molecule has 0 amide bonds. The van der Waals surface area contributed by atoms with Crippen LogP contribution in [0.25, 0.3) is 0 Å². The fourth-order valence-electron chi connectivity index (χ4n) is 1.95. The normalized spacial score (nSPS) is 14.6. The Morgan fingerprint density at radius 3 is 3.11 bits per heavy atom. The summed E-state index contributed by atoms with van der Waals surface area (Å²) in [6.45, 7) is 3.24. The van der Waals surface area contributed by atoms with Crippen molar-refractivity contribution in [2.75, 3.05) is 0 Å². The number of furan rings is 1. The third-order valence-corrected chi connectivity index (χ3v) is 3.31. The highest BCUT2D eigenvalue weighted by atomic mass is 16.5. The van der Waals surface area contributed by atoms with Crippen molar-refractivity contribution in [2.24, 2.45) is 0 Å². The number of rotatable bonds is 6. The highest BCUT2D eigenvalue weighted by Gasteiger charge is 2.21. The number of aryl methyl sites for hydroxylation is 1. The van der Waals surface area contributed by atoms with Gasteiger partial charge in [-0.05, 0) is 38.0 Å². The SMILES string of the molecule is Cc1ncccc1OCc1ccoc1CNC1CC1. The van der Waals surface area contributed by atoms with Crippen molar-refractivity contribution < 1.29 is 9.15 Å². The maximum absolute atomic E-state index is 5.79. The maximum Gasteiger partial charge on any atom is 0.141 e. The zero-order valence-electron chi connectivity index (χ0n) is 11.1. The van der Waals surface area contributed by atoms with Gasteiger partial charge in [0, 0.05) is 17.8 Å². The van der Waals surface area contributed by atoms with Gasteiger partial charge in [0.1, 0.15) is 18.1 Å². The van der Waals surface area contributed by atoms with Crippen LogP contribution in [-0.2, 0) is 13.2 Å². The van der Waals surface area contributed by atoms with E-state index in [1.165, 1.54) is 12.8 Å². The molecular weight excluding hydrogens is 240 g/mol. The van der Waals surface area contributed by atoms with Crippen molar-refractivity contribution in [1.82, 2.24) is 10.3 Å². The van der Waals surface area contributed by atoms with Crippen LogP contribution in [0, 0.1) is 6.92 Å². The molecule has 0 aliphatic heterocycles. The van der Waals surface area contributed by atoms with Crippen molar-refractivity contribution in [2.45, 2.75) is 39.0 Å². The third-order valence-electron chi connectivity index (χ3n) is 3.31. The van der Waals surface area contributed by atoms with Crippen LogP contribution in [0.2, 0.25) is 0 Å². The van der Waals surface area contributed by atoms with Gasteiger partial charge in [0.2, 0.25) is 0 Å². The summed E-state index contributed by atoms with van der Waals surface area (Å²) in [5.41, 5.74) is 2.00. The first-order valence-corrected chi connectivity index (χ1v) is 6.66. The van der Waals surface area contributed by atoms with Crippen molar-refractivity contribution in [3.63, 3.8) is 0 Å². The molecule has 100 valence electrons. The largest absolute Gasteiger partial charge is 0.487 e. The van der Waals surface area contributed by atoms with E-state index in [1.54, 1.807) is 12.5 Å². The minimum atomic E-state index is 0.519. The molecule has 0 aromatic carbocycles. The van der Waals surface area contributed by atoms with Gasteiger partial charge in [0.25, 0.3) is 0 Å². The average molecular weight is 258 g/mol. The molecule has 0 bridgehead atoms. The van der Waals surface area contributed by atoms with Crippen LogP contribution in [-0.4, -0.2) is 11.0 Å². The van der Waals surface area contributed by atoms with Crippen LogP contribution >= 0.6 is 0 Å². The Balaban J connectivity index is 1.60. The molecule has 1 saturated carbocycles. The Kier molecular flexibility index (Phi) is 3.51. The number of hydrogen-bond donors (Lipinski definition) is 1. The molecule has 1 aliphatic carbocycles. The van der Waals surface area contributed by atoms with E-state index < -0.39 is 0 Å². The van der Waals surface area contributed by atoms with E-state index >= 15 is 0 Å². The topological polar surface area (TPSA) is 47.3 Å². The van der Waals surface area contributed by atoms with Gasteiger partial charge in [0.05, 0.1) is 18.5 Å². The van der Waals surface area contributed by atoms with Crippen LogP contribution in [0.15, 0.2) is 35.1 Å². The molecule has 19 heavy (non-hydrogen) atoms. The molecule has 4 nitrogen and oxygen atoms in total. The van der Waals surface area contributed by atoms with Gasteiger partial charge in [-0.3, -0.25) is 4.98 Å². The molecule has 0 saturated heterocycles. The molecule has 0 spiro atoms. The predicted molar refractivity (Wildman–Crippen MR) is 71.9 cm³/mol. The predicted octanol–water partition coefficient (Wildman–Crippen LogP) is 2.81. The fourth-order valence-corrected chi connectivity index (χ4v) is 1.95. The summed E-state index contributed by atoms with van der Waals surface area (Å²) < 4.78 is 11.3. The van der Waals surface area contributed by atoms with Crippen molar-refractivity contribution >= 4 is 0 Å². The molecule has 2 aromatic heterocycles. The summed E-state index contributed by atoms with van der Waals surface area (Å²) in [5, 5.41) is 3.45. The van der Waals surface area contributed by atoms with Gasteiger partial charge in [-0.1, -0.05) is 0 Å². The van der Waals surface area contributed by atoms with Crippen LogP contribution in [0.5, 0.6) is 5.75 Å².